The Balaban J connectivity index is 1.60. The Kier molecular flexibility index (Phi) is 4.71. The largest absolute Gasteiger partial charge is 0.482 e. The Labute approximate surface area is 163 Å². The third-order valence-electron chi connectivity index (χ3n) is 4.29. The molecular weight excluding hydrogens is 417 g/mol. The molecule has 0 saturated heterocycles. The normalized spacial score (nSPS) is 18.1. The van der Waals surface area contributed by atoms with E-state index in [1.54, 1.807) is 29.2 Å². The Morgan fingerprint density at radius 3 is 2.93 bits per heavy atom. The number of ether oxygens (including phenoxy) is 2. The first-order chi connectivity index (χ1) is 13.0. The highest BCUT2D eigenvalue weighted by molar-refractivity contribution is 9.10. The summed E-state index contributed by atoms with van der Waals surface area (Å²) in [6, 6.07) is 8.18. The molecule has 1 atom stereocenters. The van der Waals surface area contributed by atoms with Crippen molar-refractivity contribution >= 4 is 45.2 Å². The SMILES string of the molecule is Nc1cc2c(cc1OCC1=NCCO1)N=CN(c1ccc(Br)cc1F)C2N. The summed E-state index contributed by atoms with van der Waals surface area (Å²) in [6.07, 6.45) is 0.871. The van der Waals surface area contributed by atoms with E-state index in [2.05, 4.69) is 25.9 Å². The van der Waals surface area contributed by atoms with Crippen molar-refractivity contribution < 1.29 is 13.9 Å². The number of nitrogens with two attached hydrogens (primary N) is 2. The van der Waals surface area contributed by atoms with Crippen molar-refractivity contribution in [1.82, 2.24) is 0 Å². The lowest BCUT2D eigenvalue weighted by molar-refractivity contribution is 0.293. The maximum atomic E-state index is 14.3. The van der Waals surface area contributed by atoms with E-state index in [1.807, 2.05) is 0 Å². The Bertz CT molecular complexity index is 950. The van der Waals surface area contributed by atoms with Crippen LogP contribution in [0.3, 0.4) is 0 Å². The van der Waals surface area contributed by atoms with Crippen molar-refractivity contribution in [2.45, 2.75) is 6.17 Å². The molecule has 1 unspecified atom stereocenters. The molecule has 0 bridgehead atoms. The van der Waals surface area contributed by atoms with Gasteiger partial charge in [-0.2, -0.15) is 0 Å². The number of anilines is 2. The van der Waals surface area contributed by atoms with Gasteiger partial charge in [0.15, 0.2) is 6.61 Å². The summed E-state index contributed by atoms with van der Waals surface area (Å²) in [5.74, 6) is 0.615. The van der Waals surface area contributed by atoms with Gasteiger partial charge in [-0.3, -0.25) is 0 Å². The van der Waals surface area contributed by atoms with Crippen LogP contribution in [0.1, 0.15) is 11.7 Å². The number of aliphatic imine (C=N–C) groups is 2. The number of hydrogen-bond acceptors (Lipinski definition) is 7. The van der Waals surface area contributed by atoms with E-state index in [1.165, 1.54) is 12.4 Å². The molecule has 7 nitrogen and oxygen atoms in total. The number of benzene rings is 2. The Morgan fingerprint density at radius 1 is 1.33 bits per heavy atom. The molecule has 4 rings (SSSR count). The fourth-order valence-corrected chi connectivity index (χ4v) is 3.27. The van der Waals surface area contributed by atoms with Crippen LogP contribution in [0.5, 0.6) is 5.75 Å². The molecule has 27 heavy (non-hydrogen) atoms. The number of nitrogens with zero attached hydrogens (tertiary/aromatic N) is 3. The molecule has 2 aliphatic heterocycles. The van der Waals surface area contributed by atoms with Crippen LogP contribution >= 0.6 is 15.9 Å². The van der Waals surface area contributed by atoms with Gasteiger partial charge < -0.3 is 25.8 Å². The first-order valence-electron chi connectivity index (χ1n) is 8.28. The summed E-state index contributed by atoms with van der Waals surface area (Å²) in [5.41, 5.74) is 14.5. The maximum absolute atomic E-state index is 14.3. The van der Waals surface area contributed by atoms with Crippen LogP contribution in [0.2, 0.25) is 0 Å². The second-order valence-electron chi connectivity index (χ2n) is 6.05. The third-order valence-corrected chi connectivity index (χ3v) is 4.78. The summed E-state index contributed by atoms with van der Waals surface area (Å²) in [7, 11) is 0. The topological polar surface area (TPSA) is 98.5 Å². The van der Waals surface area contributed by atoms with Gasteiger partial charge in [0.2, 0.25) is 5.90 Å². The molecule has 9 heteroatoms. The fourth-order valence-electron chi connectivity index (χ4n) is 2.93. The van der Waals surface area contributed by atoms with Crippen LogP contribution in [0.25, 0.3) is 0 Å². The first-order valence-corrected chi connectivity index (χ1v) is 9.08. The summed E-state index contributed by atoms with van der Waals surface area (Å²) >= 11 is 3.25. The maximum Gasteiger partial charge on any atom is 0.222 e. The predicted octanol–water partition coefficient (Wildman–Crippen LogP) is 3.12. The number of hydrogen-bond donors (Lipinski definition) is 2. The highest BCUT2D eigenvalue weighted by Gasteiger charge is 2.26. The van der Waals surface area contributed by atoms with Crippen LogP contribution in [0.4, 0.5) is 21.5 Å². The average Bonchev–Trinajstić information content (AvgIpc) is 3.15. The molecule has 4 N–H and O–H groups in total. The van der Waals surface area contributed by atoms with E-state index >= 15 is 0 Å². The van der Waals surface area contributed by atoms with Crippen molar-refractivity contribution in [2.75, 3.05) is 30.4 Å². The lowest BCUT2D eigenvalue weighted by Gasteiger charge is -2.31. The number of rotatable bonds is 4. The molecule has 0 radical (unpaired) electrons. The van der Waals surface area contributed by atoms with Gasteiger partial charge in [-0.25, -0.2) is 14.4 Å². The zero-order chi connectivity index (χ0) is 19.0. The highest BCUT2D eigenvalue weighted by atomic mass is 79.9. The molecule has 2 aliphatic rings. The monoisotopic (exact) mass is 433 g/mol. The zero-order valence-electron chi connectivity index (χ0n) is 14.2. The number of halogens is 2. The van der Waals surface area contributed by atoms with Crippen molar-refractivity contribution in [2.24, 2.45) is 15.7 Å². The smallest absolute Gasteiger partial charge is 0.222 e. The summed E-state index contributed by atoms with van der Waals surface area (Å²) in [5, 5.41) is 0. The number of nitrogen functional groups attached to an aromatic ring is 1. The van der Waals surface area contributed by atoms with Gasteiger partial charge in [0, 0.05) is 16.1 Å². The second-order valence-corrected chi connectivity index (χ2v) is 6.97. The number of fused-ring (bicyclic) bond motifs is 1. The van der Waals surface area contributed by atoms with Crippen molar-refractivity contribution in [3.8, 4) is 5.75 Å². The van der Waals surface area contributed by atoms with E-state index in [-0.39, 0.29) is 6.61 Å². The molecule has 0 saturated carbocycles. The van der Waals surface area contributed by atoms with E-state index in [0.29, 0.717) is 51.9 Å². The van der Waals surface area contributed by atoms with Gasteiger partial charge in [-0.15, -0.1) is 0 Å². The van der Waals surface area contributed by atoms with Gasteiger partial charge in [-0.1, -0.05) is 15.9 Å². The van der Waals surface area contributed by atoms with Crippen LogP contribution in [0.15, 0.2) is 44.8 Å². The van der Waals surface area contributed by atoms with Crippen LogP contribution in [-0.2, 0) is 4.74 Å². The van der Waals surface area contributed by atoms with Crippen molar-refractivity contribution in [1.29, 1.82) is 0 Å². The molecule has 0 amide bonds. The van der Waals surface area contributed by atoms with E-state index in [4.69, 9.17) is 20.9 Å². The standard InChI is InChI=1S/C18H17BrFN5O2/c19-10-1-2-15(12(20)5-10)25-9-24-14-7-16(13(21)6-11(14)18(25)22)27-8-17-23-3-4-26-17/h1-2,5-7,9,18H,3-4,8,21-22H2. The lowest BCUT2D eigenvalue weighted by Crippen LogP contribution is -2.36. The summed E-state index contributed by atoms with van der Waals surface area (Å²) < 4.78 is 26.0. The lowest BCUT2D eigenvalue weighted by atomic mass is 10.1. The average molecular weight is 434 g/mol. The Morgan fingerprint density at radius 2 is 2.19 bits per heavy atom. The fraction of sp³-hybridized carbons (Fsp3) is 0.222. The van der Waals surface area contributed by atoms with Gasteiger partial charge in [0.1, 0.15) is 24.3 Å². The molecule has 140 valence electrons. The van der Waals surface area contributed by atoms with Crippen LogP contribution < -0.4 is 21.1 Å². The van der Waals surface area contributed by atoms with Crippen LogP contribution in [0, 0.1) is 5.82 Å². The highest BCUT2D eigenvalue weighted by Crippen LogP contribution is 2.39. The second kappa shape index (κ2) is 7.16. The van der Waals surface area contributed by atoms with E-state index in [9.17, 15) is 4.39 Å². The minimum absolute atomic E-state index is 0.203. The molecule has 0 fully saturated rings. The van der Waals surface area contributed by atoms with Gasteiger partial charge in [0.25, 0.3) is 0 Å². The minimum Gasteiger partial charge on any atom is -0.482 e. The predicted molar refractivity (Wildman–Crippen MR) is 106 cm³/mol. The quantitative estimate of drug-likeness (QED) is 0.721. The molecule has 0 aromatic heterocycles. The Hall–Kier alpha value is -2.65. The molecular formula is C18H17BrFN5O2. The van der Waals surface area contributed by atoms with Gasteiger partial charge >= 0.3 is 0 Å². The summed E-state index contributed by atoms with van der Waals surface area (Å²) in [4.78, 5) is 10.1. The third kappa shape index (κ3) is 3.47. The first kappa shape index (κ1) is 17.7. The molecule has 0 spiro atoms. The van der Waals surface area contributed by atoms with Crippen LogP contribution in [-0.4, -0.2) is 32.0 Å². The zero-order valence-corrected chi connectivity index (χ0v) is 15.8. The van der Waals surface area contributed by atoms with Crippen molar-refractivity contribution in [3.63, 3.8) is 0 Å². The molecule has 0 aliphatic carbocycles. The molecule has 2 heterocycles. The van der Waals surface area contributed by atoms with E-state index < -0.39 is 12.0 Å². The minimum atomic E-state index is -0.632. The van der Waals surface area contributed by atoms with Crippen molar-refractivity contribution in [3.05, 3.63) is 46.2 Å². The van der Waals surface area contributed by atoms with Gasteiger partial charge in [0.05, 0.1) is 29.9 Å². The molecule has 2 aromatic carbocycles. The molecule has 2 aromatic rings. The summed E-state index contributed by atoms with van der Waals surface area (Å²) in [6.45, 7) is 1.41. The van der Waals surface area contributed by atoms with Gasteiger partial charge in [-0.05, 0) is 24.3 Å². The van der Waals surface area contributed by atoms with E-state index in [0.717, 1.165) is 0 Å².